The molecule has 0 unspecified atom stereocenters. The van der Waals surface area contributed by atoms with E-state index in [1.807, 2.05) is 0 Å². The van der Waals surface area contributed by atoms with Crippen LogP contribution >= 0.6 is 0 Å². The number of amides is 1. The van der Waals surface area contributed by atoms with Crippen LogP contribution in [0.5, 0.6) is 0 Å². The molecule has 2 rings (SSSR count). The molecule has 2 aliphatic rings. The number of carbonyl (C=O) groups excluding carboxylic acids is 1. The van der Waals surface area contributed by atoms with Gasteiger partial charge in [0.05, 0.1) is 6.04 Å². The largest absolute Gasteiger partial charge is 0.362 e. The van der Waals surface area contributed by atoms with Crippen molar-refractivity contribution >= 4 is 16.2 Å². The molecule has 12 heavy (non-hydrogen) atoms. The van der Waals surface area contributed by atoms with Crippen LogP contribution in [0.1, 0.15) is 6.42 Å². The molecular formula is C5H8N2O4S. The van der Waals surface area contributed by atoms with E-state index in [-0.39, 0.29) is 6.04 Å². The zero-order chi connectivity index (χ0) is 8.93. The second-order valence-corrected chi connectivity index (χ2v) is 4.19. The topological polar surface area (TPSA) is 86.7 Å². The molecule has 68 valence electrons. The van der Waals surface area contributed by atoms with Gasteiger partial charge in [-0.25, -0.2) is 4.31 Å². The monoisotopic (exact) mass is 192 g/mol. The standard InChI is InChI=1S/C5H8N2O4S/c8-5-4-3(1-2-6-4)7(5)12(9,10)11/h3-4,6H,1-2H2,(H,9,10,11)/t3-,4-/m1/s1. The van der Waals surface area contributed by atoms with Crippen LogP contribution in [-0.4, -0.2) is 41.8 Å². The van der Waals surface area contributed by atoms with E-state index in [1.54, 1.807) is 0 Å². The smallest absolute Gasteiger partial charge is 0.304 e. The van der Waals surface area contributed by atoms with Crippen LogP contribution in [0.4, 0.5) is 0 Å². The minimum atomic E-state index is -4.33. The van der Waals surface area contributed by atoms with Gasteiger partial charge < -0.3 is 5.32 Å². The number of hydrogen-bond acceptors (Lipinski definition) is 4. The molecule has 2 heterocycles. The Hall–Kier alpha value is -0.660. The van der Waals surface area contributed by atoms with Gasteiger partial charge in [0.15, 0.2) is 0 Å². The summed E-state index contributed by atoms with van der Waals surface area (Å²) >= 11 is 0. The number of nitrogens with zero attached hydrogens (tertiary/aromatic N) is 1. The summed E-state index contributed by atoms with van der Waals surface area (Å²) in [5.41, 5.74) is 0. The highest BCUT2D eigenvalue weighted by molar-refractivity contribution is 7.84. The van der Waals surface area contributed by atoms with Gasteiger partial charge in [0.1, 0.15) is 6.04 Å². The van der Waals surface area contributed by atoms with Crippen molar-refractivity contribution in [3.8, 4) is 0 Å². The number of carbonyl (C=O) groups is 1. The highest BCUT2D eigenvalue weighted by Gasteiger charge is 2.55. The molecule has 7 heteroatoms. The normalized spacial score (nSPS) is 34.8. The van der Waals surface area contributed by atoms with Crippen molar-refractivity contribution in [3.63, 3.8) is 0 Å². The molecule has 0 aromatic heterocycles. The zero-order valence-electron chi connectivity index (χ0n) is 6.10. The Balaban J connectivity index is 2.26. The predicted molar refractivity (Wildman–Crippen MR) is 38.6 cm³/mol. The molecule has 0 radical (unpaired) electrons. The fourth-order valence-corrected chi connectivity index (χ4v) is 2.61. The molecule has 0 spiro atoms. The number of rotatable bonds is 1. The van der Waals surface area contributed by atoms with E-state index in [0.717, 1.165) is 0 Å². The van der Waals surface area contributed by atoms with Gasteiger partial charge in [0.25, 0.3) is 5.91 Å². The lowest BCUT2D eigenvalue weighted by atomic mass is 10.0. The van der Waals surface area contributed by atoms with Crippen molar-refractivity contribution < 1.29 is 17.8 Å². The molecule has 0 aliphatic carbocycles. The van der Waals surface area contributed by atoms with Gasteiger partial charge in [-0.15, -0.1) is 0 Å². The Morgan fingerprint density at radius 2 is 2.25 bits per heavy atom. The second kappa shape index (κ2) is 2.18. The highest BCUT2D eigenvalue weighted by Crippen LogP contribution is 2.29. The van der Waals surface area contributed by atoms with Gasteiger partial charge in [0.2, 0.25) is 0 Å². The summed E-state index contributed by atoms with van der Waals surface area (Å²) in [5.74, 6) is -0.556. The Labute approximate surface area is 69.4 Å². The lowest BCUT2D eigenvalue weighted by Crippen LogP contribution is -2.67. The Morgan fingerprint density at radius 1 is 1.58 bits per heavy atom. The molecule has 2 atom stereocenters. The maximum absolute atomic E-state index is 11.0. The summed E-state index contributed by atoms with van der Waals surface area (Å²) in [7, 11) is -4.33. The fourth-order valence-electron chi connectivity index (χ4n) is 1.70. The third-order valence-electron chi connectivity index (χ3n) is 2.22. The quantitative estimate of drug-likeness (QED) is 0.384. The molecule has 2 saturated heterocycles. The first-order valence-electron chi connectivity index (χ1n) is 3.56. The third-order valence-corrected chi connectivity index (χ3v) is 3.17. The minimum Gasteiger partial charge on any atom is -0.304 e. The van der Waals surface area contributed by atoms with E-state index in [2.05, 4.69) is 5.32 Å². The van der Waals surface area contributed by atoms with Crippen molar-refractivity contribution in [2.45, 2.75) is 18.5 Å². The number of β-lactam (4-membered cyclic amide) rings is 1. The molecule has 0 bridgehead atoms. The van der Waals surface area contributed by atoms with Crippen LogP contribution in [0.15, 0.2) is 0 Å². The molecule has 2 aliphatic heterocycles. The van der Waals surface area contributed by atoms with Crippen molar-refractivity contribution in [1.29, 1.82) is 0 Å². The summed E-state index contributed by atoms with van der Waals surface area (Å²) in [6.45, 7) is 0.618. The van der Waals surface area contributed by atoms with E-state index in [1.165, 1.54) is 0 Å². The van der Waals surface area contributed by atoms with E-state index in [0.29, 0.717) is 17.3 Å². The summed E-state index contributed by atoms with van der Waals surface area (Å²) in [5, 5.41) is 2.84. The highest BCUT2D eigenvalue weighted by atomic mass is 32.2. The number of nitrogens with one attached hydrogen (secondary N) is 1. The van der Waals surface area contributed by atoms with Gasteiger partial charge >= 0.3 is 10.3 Å². The number of fused-ring (bicyclic) bond motifs is 1. The SMILES string of the molecule is O=C1[C@@H]2NCC[C@H]2N1S(=O)(=O)O. The van der Waals surface area contributed by atoms with E-state index < -0.39 is 22.3 Å². The maximum atomic E-state index is 11.0. The second-order valence-electron chi connectivity index (χ2n) is 2.90. The molecule has 0 aromatic carbocycles. The lowest BCUT2D eigenvalue weighted by Gasteiger charge is -2.39. The molecule has 0 saturated carbocycles. The van der Waals surface area contributed by atoms with E-state index in [9.17, 15) is 13.2 Å². The summed E-state index contributed by atoms with van der Waals surface area (Å²) < 4.78 is 30.3. The van der Waals surface area contributed by atoms with Crippen LogP contribution in [0.2, 0.25) is 0 Å². The predicted octanol–water partition coefficient (Wildman–Crippen LogP) is -1.64. The molecule has 2 fully saturated rings. The Morgan fingerprint density at radius 3 is 2.83 bits per heavy atom. The first kappa shape index (κ1) is 7.96. The Kier molecular flexibility index (Phi) is 1.45. The van der Waals surface area contributed by atoms with E-state index >= 15 is 0 Å². The van der Waals surface area contributed by atoms with Crippen molar-refractivity contribution in [2.24, 2.45) is 0 Å². The summed E-state index contributed by atoms with van der Waals surface area (Å²) in [6.07, 6.45) is 0.580. The first-order chi connectivity index (χ1) is 5.52. The van der Waals surface area contributed by atoms with Crippen LogP contribution in [0.25, 0.3) is 0 Å². The van der Waals surface area contributed by atoms with Gasteiger partial charge in [-0.3, -0.25) is 9.35 Å². The molecular weight excluding hydrogens is 184 g/mol. The van der Waals surface area contributed by atoms with E-state index in [4.69, 9.17) is 4.55 Å². The Bertz CT molecular complexity index is 324. The average Bonchev–Trinajstić information content (AvgIpc) is 2.27. The van der Waals surface area contributed by atoms with Crippen LogP contribution in [-0.2, 0) is 15.1 Å². The van der Waals surface area contributed by atoms with Crippen molar-refractivity contribution in [3.05, 3.63) is 0 Å². The number of hydrogen-bond donors (Lipinski definition) is 2. The first-order valence-corrected chi connectivity index (χ1v) is 4.95. The van der Waals surface area contributed by atoms with Crippen LogP contribution < -0.4 is 5.32 Å². The molecule has 2 N–H and O–H groups in total. The summed E-state index contributed by atoms with van der Waals surface area (Å²) in [4.78, 5) is 11.0. The van der Waals surface area contributed by atoms with Crippen molar-refractivity contribution in [1.82, 2.24) is 9.62 Å². The van der Waals surface area contributed by atoms with Gasteiger partial charge in [-0.2, -0.15) is 8.42 Å². The third kappa shape index (κ3) is 0.869. The molecule has 1 amide bonds. The van der Waals surface area contributed by atoms with Gasteiger partial charge in [-0.1, -0.05) is 0 Å². The summed E-state index contributed by atoms with van der Waals surface area (Å²) in [6, 6.07) is -0.764. The lowest BCUT2D eigenvalue weighted by molar-refractivity contribution is -0.140. The maximum Gasteiger partial charge on any atom is 0.362 e. The van der Waals surface area contributed by atoms with Crippen molar-refractivity contribution in [2.75, 3.05) is 6.54 Å². The van der Waals surface area contributed by atoms with Gasteiger partial charge in [0, 0.05) is 0 Å². The van der Waals surface area contributed by atoms with Crippen LogP contribution in [0, 0.1) is 0 Å². The molecule has 0 aromatic rings. The molecule has 6 nitrogen and oxygen atoms in total. The minimum absolute atomic E-state index is 0.368. The average molecular weight is 192 g/mol. The van der Waals surface area contributed by atoms with Crippen LogP contribution in [0.3, 0.4) is 0 Å². The van der Waals surface area contributed by atoms with Gasteiger partial charge in [-0.05, 0) is 13.0 Å². The fraction of sp³-hybridized carbons (Fsp3) is 0.800. The zero-order valence-corrected chi connectivity index (χ0v) is 6.91.